The van der Waals surface area contributed by atoms with Gasteiger partial charge in [0.15, 0.2) is 11.5 Å². The lowest BCUT2D eigenvalue weighted by Gasteiger charge is -2.35. The van der Waals surface area contributed by atoms with E-state index in [2.05, 4.69) is 19.2 Å². The van der Waals surface area contributed by atoms with Gasteiger partial charge in [-0.1, -0.05) is 19.9 Å². The fraction of sp³-hybridized carbons (Fsp3) is 0.619. The molecule has 6 heteroatoms. The Labute approximate surface area is 162 Å². The molecule has 0 saturated carbocycles. The largest absolute Gasteiger partial charge is 0.493 e. The molecule has 150 valence electrons. The molecular formula is C21H32N2O4. The van der Waals surface area contributed by atoms with Crippen molar-refractivity contribution in [3.8, 4) is 11.5 Å². The monoisotopic (exact) mass is 376 g/mol. The number of benzene rings is 1. The normalized spacial score (nSPS) is 19.5. The van der Waals surface area contributed by atoms with Crippen molar-refractivity contribution in [1.82, 2.24) is 10.2 Å². The molecule has 0 unspecified atom stereocenters. The number of hydrogen-bond donors (Lipinski definition) is 1. The van der Waals surface area contributed by atoms with Crippen LogP contribution in [0.5, 0.6) is 11.5 Å². The number of nitrogens with one attached hydrogen (secondary N) is 1. The van der Waals surface area contributed by atoms with E-state index in [4.69, 9.17) is 9.47 Å². The zero-order valence-electron chi connectivity index (χ0n) is 16.9. The number of carbonyl (C=O) groups is 2. The molecule has 1 aliphatic heterocycles. The fourth-order valence-electron chi connectivity index (χ4n) is 3.72. The molecule has 0 aromatic heterocycles. The maximum atomic E-state index is 12.3. The van der Waals surface area contributed by atoms with Crippen molar-refractivity contribution in [1.29, 1.82) is 0 Å². The van der Waals surface area contributed by atoms with Gasteiger partial charge in [-0.05, 0) is 42.4 Å². The van der Waals surface area contributed by atoms with E-state index >= 15 is 0 Å². The lowest BCUT2D eigenvalue weighted by Crippen LogP contribution is -2.42. The van der Waals surface area contributed by atoms with Crippen LogP contribution in [0, 0.1) is 11.8 Å². The van der Waals surface area contributed by atoms with Crippen molar-refractivity contribution >= 4 is 11.8 Å². The summed E-state index contributed by atoms with van der Waals surface area (Å²) in [5.41, 5.74) is 1.06. The number of piperidine rings is 1. The van der Waals surface area contributed by atoms with Crippen LogP contribution in [0.2, 0.25) is 0 Å². The zero-order valence-corrected chi connectivity index (χ0v) is 16.9. The molecule has 1 saturated heterocycles. The minimum Gasteiger partial charge on any atom is -0.493 e. The van der Waals surface area contributed by atoms with E-state index in [1.807, 2.05) is 23.1 Å². The Morgan fingerprint density at radius 2 is 1.74 bits per heavy atom. The standard InChI is InChI=1S/C21H32N2O4/c1-15-11-16(2)14-23(13-15)21(25)8-7-20(24)22-10-9-17-5-6-18(26-3)19(12-17)27-4/h5-6,12,15-16H,7-11,13-14H2,1-4H3,(H,22,24)/t15-,16+. The topological polar surface area (TPSA) is 67.9 Å². The van der Waals surface area contributed by atoms with Gasteiger partial charge in [0.2, 0.25) is 11.8 Å². The fourth-order valence-corrected chi connectivity index (χ4v) is 3.72. The number of nitrogens with zero attached hydrogens (tertiary/aromatic N) is 1. The summed E-state index contributed by atoms with van der Waals surface area (Å²) in [4.78, 5) is 26.3. The maximum Gasteiger partial charge on any atom is 0.223 e. The second-order valence-electron chi connectivity index (χ2n) is 7.53. The first-order valence-corrected chi connectivity index (χ1v) is 9.68. The second kappa shape index (κ2) is 10.2. The predicted molar refractivity (Wildman–Crippen MR) is 105 cm³/mol. The van der Waals surface area contributed by atoms with E-state index in [0.717, 1.165) is 18.7 Å². The Bertz CT molecular complexity index is 637. The molecule has 0 radical (unpaired) electrons. The van der Waals surface area contributed by atoms with Crippen LogP contribution in [0.1, 0.15) is 38.7 Å². The molecule has 2 rings (SSSR count). The summed E-state index contributed by atoms with van der Waals surface area (Å²) < 4.78 is 10.5. The summed E-state index contributed by atoms with van der Waals surface area (Å²) in [7, 11) is 3.20. The smallest absolute Gasteiger partial charge is 0.223 e. The summed E-state index contributed by atoms with van der Waals surface area (Å²) in [6, 6.07) is 5.72. The lowest BCUT2D eigenvalue weighted by atomic mass is 9.91. The summed E-state index contributed by atoms with van der Waals surface area (Å²) in [6.45, 7) is 6.50. The lowest BCUT2D eigenvalue weighted by molar-refractivity contribution is -0.135. The molecule has 0 spiro atoms. The average Bonchev–Trinajstić information content (AvgIpc) is 2.65. The van der Waals surface area contributed by atoms with Gasteiger partial charge in [-0.2, -0.15) is 0 Å². The first kappa shape index (κ1) is 21.1. The van der Waals surface area contributed by atoms with Crippen LogP contribution in [0.4, 0.5) is 0 Å². The van der Waals surface area contributed by atoms with Gasteiger partial charge in [-0.15, -0.1) is 0 Å². The highest BCUT2D eigenvalue weighted by atomic mass is 16.5. The molecule has 1 fully saturated rings. The van der Waals surface area contributed by atoms with Crippen molar-refractivity contribution in [3.05, 3.63) is 23.8 Å². The van der Waals surface area contributed by atoms with Gasteiger partial charge >= 0.3 is 0 Å². The van der Waals surface area contributed by atoms with Gasteiger partial charge in [0.25, 0.3) is 0 Å². The van der Waals surface area contributed by atoms with E-state index in [-0.39, 0.29) is 24.7 Å². The first-order chi connectivity index (χ1) is 12.9. The molecule has 2 amide bonds. The van der Waals surface area contributed by atoms with Gasteiger partial charge < -0.3 is 19.7 Å². The molecule has 1 aromatic rings. The number of carbonyl (C=O) groups excluding carboxylic acids is 2. The second-order valence-corrected chi connectivity index (χ2v) is 7.53. The van der Waals surface area contributed by atoms with E-state index in [1.165, 1.54) is 6.42 Å². The third-order valence-corrected chi connectivity index (χ3v) is 4.97. The number of rotatable bonds is 8. The van der Waals surface area contributed by atoms with Crippen LogP contribution < -0.4 is 14.8 Å². The van der Waals surface area contributed by atoms with Gasteiger partial charge in [0.1, 0.15) is 0 Å². The molecule has 6 nitrogen and oxygen atoms in total. The van der Waals surface area contributed by atoms with Gasteiger partial charge in [0, 0.05) is 32.5 Å². The Balaban J connectivity index is 1.71. The number of ether oxygens (including phenoxy) is 2. The van der Waals surface area contributed by atoms with Crippen LogP contribution >= 0.6 is 0 Å². The molecule has 1 N–H and O–H groups in total. The molecule has 27 heavy (non-hydrogen) atoms. The van der Waals surface area contributed by atoms with E-state index in [1.54, 1.807) is 14.2 Å². The summed E-state index contributed by atoms with van der Waals surface area (Å²) in [6.07, 6.45) is 2.38. The van der Waals surface area contributed by atoms with Gasteiger partial charge in [-0.3, -0.25) is 9.59 Å². The summed E-state index contributed by atoms with van der Waals surface area (Å²) in [5, 5.41) is 2.89. The van der Waals surface area contributed by atoms with E-state index in [9.17, 15) is 9.59 Å². The first-order valence-electron chi connectivity index (χ1n) is 9.68. The highest BCUT2D eigenvalue weighted by molar-refractivity contribution is 5.83. The van der Waals surface area contributed by atoms with Crippen molar-refractivity contribution in [3.63, 3.8) is 0 Å². The third-order valence-electron chi connectivity index (χ3n) is 4.97. The molecule has 0 aliphatic carbocycles. The third kappa shape index (κ3) is 6.45. The van der Waals surface area contributed by atoms with Crippen LogP contribution in [-0.4, -0.2) is 50.6 Å². The van der Waals surface area contributed by atoms with Gasteiger partial charge in [-0.25, -0.2) is 0 Å². The quantitative estimate of drug-likeness (QED) is 0.757. The zero-order chi connectivity index (χ0) is 19.8. The summed E-state index contributed by atoms with van der Waals surface area (Å²) >= 11 is 0. The average molecular weight is 376 g/mol. The van der Waals surface area contributed by atoms with Crippen molar-refractivity contribution < 1.29 is 19.1 Å². The SMILES string of the molecule is COc1ccc(CCNC(=O)CCC(=O)N2C[C@H](C)C[C@H](C)C2)cc1OC. The Hall–Kier alpha value is -2.24. The van der Waals surface area contributed by atoms with Crippen LogP contribution in [0.25, 0.3) is 0 Å². The highest BCUT2D eigenvalue weighted by Gasteiger charge is 2.25. The van der Waals surface area contributed by atoms with E-state index in [0.29, 0.717) is 36.3 Å². The van der Waals surface area contributed by atoms with Gasteiger partial charge in [0.05, 0.1) is 14.2 Å². The Morgan fingerprint density at radius 3 is 2.37 bits per heavy atom. The number of methoxy groups -OCH3 is 2. The van der Waals surface area contributed by atoms with E-state index < -0.39 is 0 Å². The van der Waals surface area contributed by atoms with Crippen molar-refractivity contribution in [2.75, 3.05) is 33.9 Å². The molecule has 1 heterocycles. The molecule has 2 atom stereocenters. The minimum absolute atomic E-state index is 0.0815. The summed E-state index contributed by atoms with van der Waals surface area (Å²) in [5.74, 6) is 2.44. The Kier molecular flexibility index (Phi) is 7.95. The van der Waals surface area contributed by atoms with Crippen molar-refractivity contribution in [2.24, 2.45) is 11.8 Å². The predicted octanol–water partition coefficient (Wildman–Crippen LogP) is 2.65. The minimum atomic E-state index is -0.0815. The Morgan fingerprint density at radius 1 is 1.07 bits per heavy atom. The highest BCUT2D eigenvalue weighted by Crippen LogP contribution is 2.27. The van der Waals surface area contributed by atoms with Crippen LogP contribution in [0.3, 0.4) is 0 Å². The molecule has 1 aliphatic rings. The van der Waals surface area contributed by atoms with Crippen LogP contribution in [-0.2, 0) is 16.0 Å². The maximum absolute atomic E-state index is 12.3. The number of hydrogen-bond acceptors (Lipinski definition) is 4. The molecule has 0 bridgehead atoms. The number of amides is 2. The number of likely N-dealkylation sites (tertiary alicyclic amines) is 1. The molecular weight excluding hydrogens is 344 g/mol. The van der Waals surface area contributed by atoms with Crippen molar-refractivity contribution in [2.45, 2.75) is 39.5 Å². The molecule has 1 aromatic carbocycles. The van der Waals surface area contributed by atoms with Crippen LogP contribution in [0.15, 0.2) is 18.2 Å².